The van der Waals surface area contributed by atoms with Crippen molar-refractivity contribution in [1.29, 1.82) is 0 Å². The van der Waals surface area contributed by atoms with Crippen molar-refractivity contribution in [2.45, 2.75) is 32.7 Å². The van der Waals surface area contributed by atoms with Crippen molar-refractivity contribution in [1.82, 2.24) is 0 Å². The molecule has 0 aliphatic rings. The molecule has 0 heterocycles. The fourth-order valence-electron chi connectivity index (χ4n) is 2.44. The highest BCUT2D eigenvalue weighted by Crippen LogP contribution is 2.19. The zero-order chi connectivity index (χ0) is 15.1. The molecule has 2 rings (SSSR count). The number of aryl methyl sites for hydroxylation is 1. The van der Waals surface area contributed by atoms with Crippen molar-refractivity contribution in [3.63, 3.8) is 0 Å². The summed E-state index contributed by atoms with van der Waals surface area (Å²) in [6, 6.07) is 16.0. The molecule has 0 bridgehead atoms. The van der Waals surface area contributed by atoms with Crippen LogP contribution in [-0.2, 0) is 24.2 Å². The molecule has 0 radical (unpaired) electrons. The van der Waals surface area contributed by atoms with Gasteiger partial charge in [-0.3, -0.25) is 4.79 Å². The number of carbonyl (C=O) groups is 1. The molecule has 2 N–H and O–H groups in total. The van der Waals surface area contributed by atoms with Crippen molar-refractivity contribution in [3.05, 3.63) is 65.2 Å². The van der Waals surface area contributed by atoms with E-state index in [1.807, 2.05) is 30.3 Å². The maximum Gasteiger partial charge on any atom is 0.307 e. The predicted octanol–water partition coefficient (Wildman–Crippen LogP) is 3.88. The van der Waals surface area contributed by atoms with Gasteiger partial charge in [0, 0.05) is 12.2 Å². The third kappa shape index (κ3) is 4.35. The number of rotatable bonds is 7. The molecule has 3 heteroatoms. The van der Waals surface area contributed by atoms with Crippen LogP contribution in [0.25, 0.3) is 0 Å². The fourth-order valence-corrected chi connectivity index (χ4v) is 2.44. The summed E-state index contributed by atoms with van der Waals surface area (Å²) in [6.07, 6.45) is 2.21. The third-order valence-electron chi connectivity index (χ3n) is 3.47. The first-order chi connectivity index (χ1) is 10.2. The number of benzene rings is 2. The molecule has 110 valence electrons. The number of carboxylic acids is 1. The zero-order valence-electron chi connectivity index (χ0n) is 12.3. The molecule has 3 nitrogen and oxygen atoms in total. The molecule has 0 amide bonds. The fraction of sp³-hybridized carbons (Fsp3) is 0.278. The van der Waals surface area contributed by atoms with Gasteiger partial charge in [-0.25, -0.2) is 0 Å². The van der Waals surface area contributed by atoms with Gasteiger partial charge in [0.05, 0.1) is 6.42 Å². The predicted molar refractivity (Wildman–Crippen MR) is 85.5 cm³/mol. The Hall–Kier alpha value is -2.29. The van der Waals surface area contributed by atoms with Gasteiger partial charge in [0.25, 0.3) is 0 Å². The van der Waals surface area contributed by atoms with E-state index in [2.05, 4.69) is 30.4 Å². The molecule has 0 aromatic heterocycles. The molecule has 0 spiro atoms. The molecule has 2 aromatic rings. The Balaban J connectivity index is 2.11. The second kappa shape index (κ2) is 7.48. The number of anilines is 1. The van der Waals surface area contributed by atoms with Crippen molar-refractivity contribution < 1.29 is 9.90 Å². The molecular weight excluding hydrogens is 262 g/mol. The van der Waals surface area contributed by atoms with Gasteiger partial charge in [-0.15, -0.1) is 0 Å². The van der Waals surface area contributed by atoms with Crippen LogP contribution in [0.5, 0.6) is 0 Å². The van der Waals surface area contributed by atoms with E-state index >= 15 is 0 Å². The number of para-hydroxylation sites is 1. The zero-order valence-corrected chi connectivity index (χ0v) is 12.3. The first kappa shape index (κ1) is 15.1. The van der Waals surface area contributed by atoms with Crippen LogP contribution in [-0.4, -0.2) is 11.1 Å². The van der Waals surface area contributed by atoms with Gasteiger partial charge < -0.3 is 10.4 Å². The number of carboxylic acid groups (broad SMARTS) is 1. The largest absolute Gasteiger partial charge is 0.481 e. The van der Waals surface area contributed by atoms with E-state index in [-0.39, 0.29) is 6.42 Å². The molecule has 0 unspecified atom stereocenters. The number of nitrogens with one attached hydrogen (secondary N) is 1. The van der Waals surface area contributed by atoms with E-state index in [9.17, 15) is 4.79 Å². The van der Waals surface area contributed by atoms with Gasteiger partial charge in [0.2, 0.25) is 0 Å². The average molecular weight is 283 g/mol. The Morgan fingerprint density at radius 1 is 1.00 bits per heavy atom. The van der Waals surface area contributed by atoms with Gasteiger partial charge in [0.15, 0.2) is 0 Å². The summed E-state index contributed by atoms with van der Waals surface area (Å²) < 4.78 is 0. The first-order valence-electron chi connectivity index (χ1n) is 7.31. The van der Waals surface area contributed by atoms with Gasteiger partial charge in [-0.05, 0) is 29.2 Å². The summed E-state index contributed by atoms with van der Waals surface area (Å²) in [4.78, 5) is 10.9. The topological polar surface area (TPSA) is 49.3 Å². The van der Waals surface area contributed by atoms with E-state index in [0.29, 0.717) is 6.54 Å². The quantitative estimate of drug-likeness (QED) is 0.810. The van der Waals surface area contributed by atoms with E-state index in [1.54, 1.807) is 0 Å². The highest BCUT2D eigenvalue weighted by atomic mass is 16.4. The number of hydrogen-bond acceptors (Lipinski definition) is 2. The van der Waals surface area contributed by atoms with Crippen molar-refractivity contribution in [3.8, 4) is 0 Å². The Morgan fingerprint density at radius 2 is 1.62 bits per heavy atom. The van der Waals surface area contributed by atoms with Crippen LogP contribution in [0, 0.1) is 0 Å². The van der Waals surface area contributed by atoms with Crippen LogP contribution in [0.2, 0.25) is 0 Å². The van der Waals surface area contributed by atoms with Gasteiger partial charge in [0.1, 0.15) is 0 Å². The number of aliphatic carboxylic acids is 1. The summed E-state index contributed by atoms with van der Waals surface area (Å²) in [5, 5.41) is 12.4. The minimum Gasteiger partial charge on any atom is -0.481 e. The third-order valence-corrected chi connectivity index (χ3v) is 3.47. The summed E-state index contributed by atoms with van der Waals surface area (Å²) in [6.45, 7) is 2.81. The monoisotopic (exact) mass is 283 g/mol. The molecule has 0 fully saturated rings. The van der Waals surface area contributed by atoms with Crippen molar-refractivity contribution in [2.24, 2.45) is 0 Å². The van der Waals surface area contributed by atoms with Gasteiger partial charge >= 0.3 is 5.97 Å². The molecular formula is C18H21NO2. The maximum absolute atomic E-state index is 10.9. The summed E-state index contributed by atoms with van der Waals surface area (Å²) in [7, 11) is 0. The van der Waals surface area contributed by atoms with Crippen LogP contribution in [0.4, 0.5) is 5.69 Å². The van der Waals surface area contributed by atoms with E-state index in [1.165, 1.54) is 5.56 Å². The summed E-state index contributed by atoms with van der Waals surface area (Å²) >= 11 is 0. The minimum atomic E-state index is -0.797. The molecule has 2 aromatic carbocycles. The number of hydrogen-bond donors (Lipinski definition) is 2. The van der Waals surface area contributed by atoms with Crippen LogP contribution in [0.15, 0.2) is 48.5 Å². The van der Waals surface area contributed by atoms with Gasteiger partial charge in [-0.1, -0.05) is 55.8 Å². The SMILES string of the molecule is CCCc1ccccc1NCc1ccccc1CC(=O)O. The highest BCUT2D eigenvalue weighted by molar-refractivity contribution is 5.70. The maximum atomic E-state index is 10.9. The van der Waals surface area contributed by atoms with E-state index < -0.39 is 5.97 Å². The molecule has 21 heavy (non-hydrogen) atoms. The molecule has 0 atom stereocenters. The summed E-state index contributed by atoms with van der Waals surface area (Å²) in [5.74, 6) is -0.797. The smallest absolute Gasteiger partial charge is 0.307 e. The lowest BCUT2D eigenvalue weighted by Crippen LogP contribution is -2.08. The van der Waals surface area contributed by atoms with Gasteiger partial charge in [-0.2, -0.15) is 0 Å². The minimum absolute atomic E-state index is 0.0639. The van der Waals surface area contributed by atoms with Crippen molar-refractivity contribution in [2.75, 3.05) is 5.32 Å². The molecule has 0 aliphatic heterocycles. The van der Waals surface area contributed by atoms with Crippen LogP contribution in [0.1, 0.15) is 30.0 Å². The Kier molecular flexibility index (Phi) is 5.38. The van der Waals surface area contributed by atoms with Crippen LogP contribution in [0.3, 0.4) is 0 Å². The van der Waals surface area contributed by atoms with E-state index in [4.69, 9.17) is 5.11 Å². The second-order valence-electron chi connectivity index (χ2n) is 5.10. The lowest BCUT2D eigenvalue weighted by atomic mass is 10.0. The van der Waals surface area contributed by atoms with Crippen LogP contribution >= 0.6 is 0 Å². The molecule has 0 saturated carbocycles. The standard InChI is InChI=1S/C18H21NO2/c1-2-7-14-8-5-6-11-17(14)19-13-16-10-4-3-9-15(16)12-18(20)21/h3-6,8-11,19H,2,7,12-13H2,1H3,(H,20,21). The lowest BCUT2D eigenvalue weighted by Gasteiger charge is -2.13. The average Bonchev–Trinajstić information content (AvgIpc) is 2.47. The second-order valence-corrected chi connectivity index (χ2v) is 5.10. The molecule has 0 saturated heterocycles. The van der Waals surface area contributed by atoms with Crippen molar-refractivity contribution >= 4 is 11.7 Å². The Labute approximate surface area is 125 Å². The first-order valence-corrected chi connectivity index (χ1v) is 7.31. The highest BCUT2D eigenvalue weighted by Gasteiger charge is 2.07. The summed E-state index contributed by atoms with van der Waals surface area (Å²) in [5.41, 5.74) is 4.33. The Morgan fingerprint density at radius 3 is 2.29 bits per heavy atom. The lowest BCUT2D eigenvalue weighted by molar-refractivity contribution is -0.136. The normalized spacial score (nSPS) is 10.3. The van der Waals surface area contributed by atoms with E-state index in [0.717, 1.165) is 29.7 Å². The Bertz CT molecular complexity index is 608. The van der Waals surface area contributed by atoms with Crippen LogP contribution < -0.4 is 5.32 Å². The molecule has 0 aliphatic carbocycles.